The molecule has 1 N–H and O–H groups in total. The highest BCUT2D eigenvalue weighted by Gasteiger charge is 2.13. The second-order valence-electron chi connectivity index (χ2n) is 7.51. The number of carbonyl (C=O) groups is 1. The Morgan fingerprint density at radius 2 is 1.89 bits per heavy atom. The first-order valence-corrected chi connectivity index (χ1v) is 11.9. The zero-order valence-corrected chi connectivity index (χ0v) is 21.8. The summed E-state index contributed by atoms with van der Waals surface area (Å²) >= 11 is 6.89. The summed E-state index contributed by atoms with van der Waals surface area (Å²) in [6.07, 6.45) is 1.54. The molecule has 1 aromatic heterocycles. The van der Waals surface area contributed by atoms with Gasteiger partial charge < -0.3 is 14.6 Å². The van der Waals surface area contributed by atoms with Gasteiger partial charge in [-0.1, -0.05) is 28.1 Å². The first kappa shape index (κ1) is 24.6. The number of nitrogens with zero attached hydrogens (tertiary/aromatic N) is 3. The van der Waals surface area contributed by atoms with Crippen molar-refractivity contribution in [3.8, 4) is 11.5 Å². The van der Waals surface area contributed by atoms with Gasteiger partial charge in [0.15, 0.2) is 11.5 Å². The van der Waals surface area contributed by atoms with Crippen LogP contribution in [0.5, 0.6) is 11.5 Å². The Hall–Kier alpha value is -3.50. The van der Waals surface area contributed by atoms with Crippen LogP contribution in [0, 0.1) is 6.92 Å². The van der Waals surface area contributed by atoms with Gasteiger partial charge in [-0.05, 0) is 76.4 Å². The van der Waals surface area contributed by atoms with Gasteiger partial charge in [0.2, 0.25) is 0 Å². The summed E-state index contributed by atoms with van der Waals surface area (Å²) in [6, 6.07) is 15.3. The number of halogens is 2. The largest absolute Gasteiger partial charge is 0.493 e. The van der Waals surface area contributed by atoms with E-state index >= 15 is 0 Å². The van der Waals surface area contributed by atoms with Crippen molar-refractivity contribution in [1.29, 1.82) is 0 Å². The van der Waals surface area contributed by atoms with E-state index in [1.807, 2.05) is 6.07 Å². The van der Waals surface area contributed by atoms with Crippen LogP contribution in [0.4, 0.5) is 0 Å². The number of benzene rings is 3. The van der Waals surface area contributed by atoms with Gasteiger partial charge in [0, 0.05) is 4.47 Å². The fraction of sp³-hybridized carbons (Fsp3) is 0.120. The molecule has 0 spiro atoms. The van der Waals surface area contributed by atoms with E-state index in [0.29, 0.717) is 38.3 Å². The van der Waals surface area contributed by atoms with E-state index in [9.17, 15) is 9.59 Å². The van der Waals surface area contributed by atoms with Crippen molar-refractivity contribution in [3.63, 3.8) is 0 Å². The number of rotatable bonds is 7. The molecule has 8 nitrogen and oxygen atoms in total. The lowest BCUT2D eigenvalue weighted by Gasteiger charge is -2.14. The molecule has 4 aromatic rings. The highest BCUT2D eigenvalue weighted by Crippen LogP contribution is 2.37. The number of aromatic nitrogens is 2. The van der Waals surface area contributed by atoms with Crippen LogP contribution in [-0.4, -0.2) is 34.1 Å². The van der Waals surface area contributed by atoms with Crippen LogP contribution in [-0.2, 0) is 6.61 Å². The number of hydrogen-bond donors (Lipinski definition) is 1. The van der Waals surface area contributed by atoms with Gasteiger partial charge >= 0.3 is 5.97 Å². The lowest BCUT2D eigenvalue weighted by molar-refractivity contribution is 0.0697. The molecule has 0 aliphatic carbocycles. The van der Waals surface area contributed by atoms with Crippen LogP contribution < -0.4 is 15.0 Å². The Morgan fingerprint density at radius 1 is 1.14 bits per heavy atom. The molecule has 1 heterocycles. The average molecular weight is 601 g/mol. The van der Waals surface area contributed by atoms with Crippen LogP contribution in [0.1, 0.15) is 27.3 Å². The van der Waals surface area contributed by atoms with E-state index < -0.39 is 5.97 Å². The highest BCUT2D eigenvalue weighted by atomic mass is 79.9. The molecule has 0 aliphatic heterocycles. The van der Waals surface area contributed by atoms with Gasteiger partial charge in [-0.3, -0.25) is 4.79 Å². The number of hydrogen-bond acceptors (Lipinski definition) is 6. The van der Waals surface area contributed by atoms with Crippen molar-refractivity contribution in [1.82, 2.24) is 9.66 Å². The molecule has 0 atom stereocenters. The fourth-order valence-corrected chi connectivity index (χ4v) is 4.31. The predicted molar refractivity (Wildman–Crippen MR) is 140 cm³/mol. The smallest absolute Gasteiger partial charge is 0.335 e. The first-order valence-electron chi connectivity index (χ1n) is 10.3. The molecule has 10 heteroatoms. The molecule has 0 bridgehead atoms. The van der Waals surface area contributed by atoms with E-state index in [1.165, 1.54) is 23.9 Å². The molecular weight excluding hydrogens is 582 g/mol. The summed E-state index contributed by atoms with van der Waals surface area (Å²) in [6.45, 7) is 1.94. The molecule has 3 aromatic carbocycles. The molecule has 178 valence electrons. The van der Waals surface area contributed by atoms with Crippen LogP contribution in [0.25, 0.3) is 10.9 Å². The minimum absolute atomic E-state index is 0.208. The van der Waals surface area contributed by atoms with Crippen LogP contribution in [0.15, 0.2) is 73.4 Å². The Balaban J connectivity index is 1.60. The summed E-state index contributed by atoms with van der Waals surface area (Å²) in [5, 5.41) is 13.8. The Kier molecular flexibility index (Phi) is 7.32. The van der Waals surface area contributed by atoms with Crippen LogP contribution >= 0.6 is 31.9 Å². The van der Waals surface area contributed by atoms with Gasteiger partial charge in [0.1, 0.15) is 12.4 Å². The average Bonchev–Trinajstić information content (AvgIpc) is 2.83. The first-order chi connectivity index (χ1) is 16.8. The second-order valence-corrected chi connectivity index (χ2v) is 9.28. The summed E-state index contributed by atoms with van der Waals surface area (Å²) in [5.41, 5.74) is 2.02. The van der Waals surface area contributed by atoms with Gasteiger partial charge in [-0.25, -0.2) is 9.78 Å². The van der Waals surface area contributed by atoms with Crippen molar-refractivity contribution in [2.24, 2.45) is 5.10 Å². The monoisotopic (exact) mass is 599 g/mol. The number of methoxy groups -OCH3 is 1. The van der Waals surface area contributed by atoms with E-state index in [1.54, 1.807) is 49.5 Å². The number of carboxylic acid groups (broad SMARTS) is 1. The number of aromatic carboxylic acids is 1. The molecule has 4 rings (SSSR count). The van der Waals surface area contributed by atoms with E-state index in [-0.39, 0.29) is 17.7 Å². The molecule has 35 heavy (non-hydrogen) atoms. The third-order valence-corrected chi connectivity index (χ3v) is 6.21. The van der Waals surface area contributed by atoms with Crippen LogP contribution in [0.3, 0.4) is 0 Å². The Morgan fingerprint density at radius 3 is 2.57 bits per heavy atom. The minimum Gasteiger partial charge on any atom is -0.493 e. The van der Waals surface area contributed by atoms with Gasteiger partial charge in [-0.15, -0.1) is 0 Å². The van der Waals surface area contributed by atoms with E-state index in [4.69, 9.17) is 14.6 Å². The molecule has 0 saturated heterocycles. The molecule has 0 amide bonds. The van der Waals surface area contributed by atoms with Crippen molar-refractivity contribution < 1.29 is 19.4 Å². The summed E-state index contributed by atoms with van der Waals surface area (Å²) in [4.78, 5) is 28.4. The zero-order valence-electron chi connectivity index (χ0n) is 18.7. The molecule has 0 fully saturated rings. The summed E-state index contributed by atoms with van der Waals surface area (Å²) in [5.74, 6) is 0.426. The lowest BCUT2D eigenvalue weighted by Crippen LogP contribution is -2.20. The third kappa shape index (κ3) is 5.44. The summed E-state index contributed by atoms with van der Waals surface area (Å²) in [7, 11) is 1.52. The van der Waals surface area contributed by atoms with Crippen molar-refractivity contribution in [2.45, 2.75) is 13.5 Å². The van der Waals surface area contributed by atoms with Crippen molar-refractivity contribution in [2.75, 3.05) is 7.11 Å². The quantitative estimate of drug-likeness (QED) is 0.285. The fourth-order valence-electron chi connectivity index (χ4n) is 3.37. The van der Waals surface area contributed by atoms with Gasteiger partial charge in [-0.2, -0.15) is 9.78 Å². The SMILES string of the molecule is COc1cc(C=Nn2c(C)nc3ccc(Br)cc3c2=O)cc(Br)c1OCc1ccc(C(=O)O)cc1. The van der Waals surface area contributed by atoms with Gasteiger partial charge in [0.25, 0.3) is 5.56 Å². The third-order valence-electron chi connectivity index (χ3n) is 5.13. The number of fused-ring (bicyclic) bond motifs is 1. The molecule has 0 aliphatic rings. The highest BCUT2D eigenvalue weighted by molar-refractivity contribution is 9.10. The lowest BCUT2D eigenvalue weighted by atomic mass is 10.1. The molecule has 0 radical (unpaired) electrons. The number of aryl methyl sites for hydroxylation is 1. The summed E-state index contributed by atoms with van der Waals surface area (Å²) < 4.78 is 14.1. The van der Waals surface area contributed by atoms with Crippen LogP contribution in [0.2, 0.25) is 0 Å². The topological polar surface area (TPSA) is 103 Å². The predicted octanol–water partition coefficient (Wildman–Crippen LogP) is 5.40. The molecule has 0 unspecified atom stereocenters. The van der Waals surface area contributed by atoms with E-state index in [0.717, 1.165) is 10.0 Å². The Bertz CT molecular complexity index is 1510. The molecular formula is C25H19Br2N3O5. The Labute approximate surface area is 217 Å². The maximum absolute atomic E-state index is 12.9. The van der Waals surface area contributed by atoms with Crippen molar-refractivity contribution in [3.05, 3.63) is 96.4 Å². The maximum atomic E-state index is 12.9. The van der Waals surface area contributed by atoms with Crippen molar-refractivity contribution >= 4 is 54.9 Å². The standard InChI is InChI=1S/C25H19Br2N3O5/c1-14-29-21-8-7-18(26)11-19(21)24(31)30(14)28-12-16-9-20(27)23(22(10-16)34-2)35-13-15-3-5-17(6-4-15)25(32)33/h3-12H,13H2,1-2H3,(H,32,33). The zero-order chi connectivity index (χ0) is 25.1. The molecule has 0 saturated carbocycles. The minimum atomic E-state index is -0.982. The number of carboxylic acids is 1. The maximum Gasteiger partial charge on any atom is 0.335 e. The van der Waals surface area contributed by atoms with E-state index in [2.05, 4.69) is 41.9 Å². The van der Waals surface area contributed by atoms with Gasteiger partial charge in [0.05, 0.1) is 34.3 Å². The number of ether oxygens (including phenoxy) is 2. The normalized spacial score (nSPS) is 11.2. The second kappa shape index (κ2) is 10.4.